The van der Waals surface area contributed by atoms with E-state index in [1.165, 1.54) is 11.3 Å². The Balaban J connectivity index is 1.41. The van der Waals surface area contributed by atoms with Crippen molar-refractivity contribution in [2.24, 2.45) is 4.99 Å². The first-order valence-electron chi connectivity index (χ1n) is 10.5. The molecule has 170 valence electrons. The van der Waals surface area contributed by atoms with Crippen LogP contribution in [-0.4, -0.2) is 35.8 Å². The number of pyridine rings is 1. The van der Waals surface area contributed by atoms with Crippen LogP contribution in [0.4, 0.5) is 17.1 Å². The summed E-state index contributed by atoms with van der Waals surface area (Å²) in [6.45, 7) is 0.582. The van der Waals surface area contributed by atoms with Crippen LogP contribution < -0.4 is 16.0 Å². The lowest BCUT2D eigenvalue weighted by atomic mass is 10.1. The van der Waals surface area contributed by atoms with E-state index in [9.17, 15) is 4.79 Å². The lowest BCUT2D eigenvalue weighted by molar-refractivity contribution is 0.103. The van der Waals surface area contributed by atoms with Crippen LogP contribution in [0.2, 0.25) is 0 Å². The maximum Gasteiger partial charge on any atom is 0.267 e. The number of hydrogen-bond acceptors (Lipinski definition) is 6. The summed E-state index contributed by atoms with van der Waals surface area (Å²) in [5.74, 6) is 0.244. The third-order valence-corrected chi connectivity index (χ3v) is 5.97. The van der Waals surface area contributed by atoms with Gasteiger partial charge < -0.3 is 20.9 Å². The molecule has 0 aliphatic carbocycles. The van der Waals surface area contributed by atoms with E-state index in [0.717, 1.165) is 27.8 Å². The van der Waals surface area contributed by atoms with Crippen molar-refractivity contribution < 1.29 is 4.79 Å². The van der Waals surface area contributed by atoms with Crippen molar-refractivity contribution in [1.82, 2.24) is 9.88 Å². The molecule has 4 rings (SSSR count). The molecule has 0 atom stereocenters. The highest BCUT2D eigenvalue weighted by Gasteiger charge is 2.14. The second-order valence-corrected chi connectivity index (χ2v) is 8.51. The van der Waals surface area contributed by atoms with Crippen LogP contribution in [0.5, 0.6) is 0 Å². The molecule has 1 amide bonds. The van der Waals surface area contributed by atoms with E-state index in [-0.39, 0.29) is 5.91 Å². The highest BCUT2D eigenvalue weighted by Crippen LogP contribution is 2.26. The molecule has 0 saturated carbocycles. The van der Waals surface area contributed by atoms with Crippen molar-refractivity contribution in [2.75, 3.05) is 30.0 Å². The third kappa shape index (κ3) is 5.31. The smallest absolute Gasteiger partial charge is 0.267 e. The van der Waals surface area contributed by atoms with Gasteiger partial charge in [0.2, 0.25) is 12.2 Å². The lowest BCUT2D eigenvalue weighted by Gasteiger charge is -2.16. The first kappa shape index (κ1) is 22.8. The monoisotopic (exact) mass is 469 g/mol. The fourth-order valence-corrected chi connectivity index (χ4v) is 4.13. The SMILES string of the molecule is CN(C)/C(=N\C#N)Nc1ccc(NC(=O)c2sccc2NCc2ccnc3ccccc23)cc1. The summed E-state index contributed by atoms with van der Waals surface area (Å²) in [4.78, 5) is 23.4. The topological polar surface area (TPSA) is 105 Å². The van der Waals surface area contributed by atoms with E-state index >= 15 is 0 Å². The van der Waals surface area contributed by atoms with Crippen molar-refractivity contribution in [2.45, 2.75) is 6.54 Å². The van der Waals surface area contributed by atoms with E-state index in [2.05, 4.69) is 25.9 Å². The molecule has 2 heterocycles. The normalized spacial score (nSPS) is 11.0. The molecule has 0 saturated heterocycles. The number of benzene rings is 2. The molecule has 0 bridgehead atoms. The fourth-order valence-electron chi connectivity index (χ4n) is 3.36. The number of rotatable bonds is 6. The van der Waals surface area contributed by atoms with Gasteiger partial charge >= 0.3 is 0 Å². The Hall–Kier alpha value is -4.42. The number of nitrogens with zero attached hydrogens (tertiary/aromatic N) is 4. The van der Waals surface area contributed by atoms with Gasteiger partial charge in [-0.1, -0.05) is 18.2 Å². The van der Waals surface area contributed by atoms with Crippen LogP contribution in [0.25, 0.3) is 10.9 Å². The molecule has 9 heteroatoms. The molecule has 0 fully saturated rings. The number of carbonyl (C=O) groups is 1. The standard InChI is InChI=1S/C25H23N7OS/c1-32(2)25(29-16-26)31-19-9-7-18(8-10-19)30-24(33)23-22(12-14-34-23)28-15-17-11-13-27-21-6-4-3-5-20(17)21/h3-14,28H,15H2,1-2H3,(H,29,31)(H,30,33). The van der Waals surface area contributed by atoms with Crippen LogP contribution in [0.15, 0.2) is 77.2 Å². The van der Waals surface area contributed by atoms with Crippen molar-refractivity contribution >= 4 is 51.2 Å². The molecule has 2 aromatic heterocycles. The number of aromatic nitrogens is 1. The minimum atomic E-state index is -0.183. The minimum absolute atomic E-state index is 0.183. The summed E-state index contributed by atoms with van der Waals surface area (Å²) in [5.41, 5.74) is 4.26. The number of nitriles is 1. The van der Waals surface area contributed by atoms with E-state index in [1.54, 1.807) is 43.5 Å². The number of guanidine groups is 1. The zero-order valence-electron chi connectivity index (χ0n) is 18.7. The van der Waals surface area contributed by atoms with Crippen LogP contribution in [0.1, 0.15) is 15.2 Å². The number of fused-ring (bicyclic) bond motifs is 1. The quantitative estimate of drug-likeness (QED) is 0.209. The predicted octanol–water partition coefficient (Wildman–Crippen LogP) is 4.97. The van der Waals surface area contributed by atoms with Crippen LogP contribution in [0, 0.1) is 11.5 Å². The first-order chi connectivity index (χ1) is 16.5. The van der Waals surface area contributed by atoms with Gasteiger partial charge in [-0.15, -0.1) is 16.3 Å². The molecule has 2 aromatic carbocycles. The van der Waals surface area contributed by atoms with Gasteiger partial charge in [-0.05, 0) is 53.4 Å². The zero-order chi connectivity index (χ0) is 23.9. The van der Waals surface area contributed by atoms with E-state index in [0.29, 0.717) is 23.1 Å². The van der Waals surface area contributed by atoms with Gasteiger partial charge in [0.25, 0.3) is 5.91 Å². The summed E-state index contributed by atoms with van der Waals surface area (Å²) in [7, 11) is 3.59. The Kier molecular flexibility index (Phi) is 7.01. The second-order valence-electron chi connectivity index (χ2n) is 7.59. The van der Waals surface area contributed by atoms with E-state index in [1.807, 2.05) is 53.9 Å². The first-order valence-corrected chi connectivity index (χ1v) is 11.4. The number of carbonyl (C=O) groups excluding carboxylic acids is 1. The Labute approximate surface area is 201 Å². The van der Waals surface area contributed by atoms with Crippen LogP contribution in [0.3, 0.4) is 0 Å². The maximum absolute atomic E-state index is 12.9. The summed E-state index contributed by atoms with van der Waals surface area (Å²) in [6.07, 6.45) is 3.57. The Morgan fingerprint density at radius 3 is 2.53 bits per heavy atom. The predicted molar refractivity (Wildman–Crippen MR) is 138 cm³/mol. The number of amides is 1. The third-order valence-electron chi connectivity index (χ3n) is 5.06. The molecule has 8 nitrogen and oxygen atoms in total. The highest BCUT2D eigenvalue weighted by molar-refractivity contribution is 7.12. The molecular formula is C25H23N7OS. The maximum atomic E-state index is 12.9. The Bertz CT molecular complexity index is 1360. The van der Waals surface area contributed by atoms with Gasteiger partial charge in [0, 0.05) is 43.6 Å². The molecule has 0 spiro atoms. The summed E-state index contributed by atoms with van der Waals surface area (Å²) in [5, 5.41) is 21.2. The van der Waals surface area contributed by atoms with Gasteiger partial charge in [-0.2, -0.15) is 5.26 Å². The second kappa shape index (κ2) is 10.5. The molecule has 0 unspecified atom stereocenters. The van der Waals surface area contributed by atoms with Gasteiger partial charge in [0.05, 0.1) is 11.2 Å². The molecule has 0 radical (unpaired) electrons. The molecule has 3 N–H and O–H groups in total. The van der Waals surface area contributed by atoms with E-state index in [4.69, 9.17) is 5.26 Å². The largest absolute Gasteiger partial charge is 0.380 e. The van der Waals surface area contributed by atoms with Crippen molar-refractivity contribution in [3.8, 4) is 6.19 Å². The van der Waals surface area contributed by atoms with Gasteiger partial charge in [-0.25, -0.2) is 0 Å². The summed E-state index contributed by atoms with van der Waals surface area (Å²) >= 11 is 1.38. The lowest BCUT2D eigenvalue weighted by Crippen LogP contribution is -2.29. The molecule has 0 aliphatic heterocycles. The number of para-hydroxylation sites is 1. The van der Waals surface area contributed by atoms with Gasteiger partial charge in [-0.3, -0.25) is 9.78 Å². The number of nitrogens with one attached hydrogen (secondary N) is 3. The number of hydrogen-bond donors (Lipinski definition) is 3. The fraction of sp³-hybridized carbons (Fsp3) is 0.120. The zero-order valence-corrected chi connectivity index (χ0v) is 19.6. The van der Waals surface area contributed by atoms with E-state index < -0.39 is 0 Å². The average molecular weight is 470 g/mol. The number of aliphatic imine (C=N–C) groups is 1. The molecule has 0 aliphatic rings. The Morgan fingerprint density at radius 1 is 1.06 bits per heavy atom. The van der Waals surface area contributed by atoms with Crippen molar-refractivity contribution in [3.05, 3.63) is 82.7 Å². The Morgan fingerprint density at radius 2 is 1.79 bits per heavy atom. The molecule has 34 heavy (non-hydrogen) atoms. The van der Waals surface area contributed by atoms with Gasteiger partial charge in [0.15, 0.2) is 0 Å². The minimum Gasteiger partial charge on any atom is -0.380 e. The molecule has 4 aromatic rings. The molecular weight excluding hydrogens is 446 g/mol. The van der Waals surface area contributed by atoms with Crippen molar-refractivity contribution in [3.63, 3.8) is 0 Å². The van der Waals surface area contributed by atoms with Crippen LogP contribution >= 0.6 is 11.3 Å². The van der Waals surface area contributed by atoms with Crippen LogP contribution in [-0.2, 0) is 6.54 Å². The highest BCUT2D eigenvalue weighted by atomic mass is 32.1. The van der Waals surface area contributed by atoms with Gasteiger partial charge in [0.1, 0.15) is 4.88 Å². The number of thiophene rings is 1. The average Bonchev–Trinajstić information content (AvgIpc) is 3.32. The van der Waals surface area contributed by atoms with Crippen molar-refractivity contribution in [1.29, 1.82) is 5.26 Å². The number of anilines is 3. The summed E-state index contributed by atoms with van der Waals surface area (Å²) in [6, 6.07) is 19.1. The summed E-state index contributed by atoms with van der Waals surface area (Å²) < 4.78 is 0.